The highest BCUT2D eigenvalue weighted by molar-refractivity contribution is 5.88. The second-order valence-corrected chi connectivity index (χ2v) is 6.84. The smallest absolute Gasteiger partial charge is 0.230 e. The van der Waals surface area contributed by atoms with E-state index in [1.54, 1.807) is 14.2 Å². The Bertz CT molecular complexity index is 763. The van der Waals surface area contributed by atoms with Crippen LogP contribution in [0.2, 0.25) is 0 Å². The van der Waals surface area contributed by atoms with Crippen LogP contribution in [0.1, 0.15) is 36.9 Å². The van der Waals surface area contributed by atoms with Gasteiger partial charge in [0.2, 0.25) is 5.91 Å². The molecule has 6 heteroatoms. The molecule has 1 aromatic heterocycles. The van der Waals surface area contributed by atoms with Crippen molar-refractivity contribution in [2.75, 3.05) is 20.8 Å². The van der Waals surface area contributed by atoms with Crippen molar-refractivity contribution in [3.05, 3.63) is 41.7 Å². The average Bonchev–Trinajstić information content (AvgIpc) is 3.31. The number of nitrogens with zero attached hydrogens (tertiary/aromatic N) is 2. The predicted octanol–water partition coefficient (Wildman–Crippen LogP) is 2.84. The molecule has 1 fully saturated rings. The van der Waals surface area contributed by atoms with E-state index in [4.69, 9.17) is 9.47 Å². The first kappa shape index (κ1) is 18.3. The fourth-order valence-corrected chi connectivity index (χ4v) is 3.80. The molecule has 1 aliphatic rings. The lowest BCUT2D eigenvalue weighted by Gasteiger charge is -2.29. The number of aromatic nitrogens is 2. The second kappa shape index (κ2) is 7.81. The molecule has 0 saturated heterocycles. The van der Waals surface area contributed by atoms with Gasteiger partial charge in [-0.05, 0) is 43.5 Å². The number of aryl methyl sites for hydroxylation is 1. The largest absolute Gasteiger partial charge is 0.493 e. The lowest BCUT2D eigenvalue weighted by Crippen LogP contribution is -2.43. The van der Waals surface area contributed by atoms with Gasteiger partial charge >= 0.3 is 0 Å². The lowest BCUT2D eigenvalue weighted by molar-refractivity contribution is -0.126. The molecule has 6 nitrogen and oxygen atoms in total. The van der Waals surface area contributed by atoms with Crippen LogP contribution >= 0.6 is 0 Å². The van der Waals surface area contributed by atoms with Crippen LogP contribution in [-0.2, 0) is 16.8 Å². The van der Waals surface area contributed by atoms with Crippen molar-refractivity contribution in [3.63, 3.8) is 0 Å². The molecule has 1 aliphatic carbocycles. The molecule has 0 atom stereocenters. The van der Waals surface area contributed by atoms with Gasteiger partial charge in [0.25, 0.3) is 0 Å². The zero-order valence-corrected chi connectivity index (χ0v) is 15.7. The van der Waals surface area contributed by atoms with Gasteiger partial charge in [0.15, 0.2) is 11.5 Å². The van der Waals surface area contributed by atoms with Crippen LogP contribution in [-0.4, -0.2) is 36.5 Å². The summed E-state index contributed by atoms with van der Waals surface area (Å²) in [4.78, 5) is 13.1. The summed E-state index contributed by atoms with van der Waals surface area (Å²) in [5.74, 6) is 1.43. The van der Waals surface area contributed by atoms with Gasteiger partial charge < -0.3 is 14.8 Å². The number of hydrogen-bond acceptors (Lipinski definition) is 4. The highest BCUT2D eigenvalue weighted by atomic mass is 16.5. The molecule has 0 bridgehead atoms. The van der Waals surface area contributed by atoms with Gasteiger partial charge in [-0.15, -0.1) is 0 Å². The Hall–Kier alpha value is -2.50. The first-order valence-electron chi connectivity index (χ1n) is 9.10. The Morgan fingerprint density at radius 3 is 2.54 bits per heavy atom. The summed E-state index contributed by atoms with van der Waals surface area (Å²) >= 11 is 0. The SMILES string of the molecule is COc1ccc(C2(C(=O)NCCn3ccc(C)n3)CCCC2)cc1OC. The fourth-order valence-electron chi connectivity index (χ4n) is 3.80. The van der Waals surface area contributed by atoms with Gasteiger partial charge in [0, 0.05) is 12.7 Å². The number of carbonyl (C=O) groups is 1. The molecule has 0 unspecified atom stereocenters. The summed E-state index contributed by atoms with van der Waals surface area (Å²) in [6, 6.07) is 7.78. The molecular weight excluding hydrogens is 330 g/mol. The number of ether oxygens (including phenoxy) is 2. The van der Waals surface area contributed by atoms with E-state index in [0.29, 0.717) is 24.6 Å². The van der Waals surface area contributed by atoms with E-state index in [1.807, 2.05) is 42.1 Å². The Morgan fingerprint density at radius 1 is 1.19 bits per heavy atom. The molecule has 0 radical (unpaired) electrons. The van der Waals surface area contributed by atoms with Crippen molar-refractivity contribution in [1.29, 1.82) is 0 Å². The van der Waals surface area contributed by atoms with Crippen LogP contribution in [0.15, 0.2) is 30.5 Å². The summed E-state index contributed by atoms with van der Waals surface area (Å²) in [6.45, 7) is 3.19. The van der Waals surface area contributed by atoms with E-state index in [0.717, 1.165) is 36.9 Å². The molecule has 3 rings (SSSR count). The fraction of sp³-hybridized carbons (Fsp3) is 0.500. The van der Waals surface area contributed by atoms with E-state index < -0.39 is 5.41 Å². The number of methoxy groups -OCH3 is 2. The third-order valence-electron chi connectivity index (χ3n) is 5.23. The number of hydrogen-bond donors (Lipinski definition) is 1. The molecule has 2 aromatic rings. The van der Waals surface area contributed by atoms with Crippen LogP contribution < -0.4 is 14.8 Å². The molecule has 1 amide bonds. The second-order valence-electron chi connectivity index (χ2n) is 6.84. The van der Waals surface area contributed by atoms with Crippen LogP contribution in [0.5, 0.6) is 11.5 Å². The van der Waals surface area contributed by atoms with E-state index in [1.165, 1.54) is 0 Å². The van der Waals surface area contributed by atoms with Crippen molar-refractivity contribution in [2.24, 2.45) is 0 Å². The minimum Gasteiger partial charge on any atom is -0.493 e. The summed E-state index contributed by atoms with van der Waals surface area (Å²) in [7, 11) is 3.24. The Labute approximate surface area is 154 Å². The number of rotatable bonds is 7. The number of amides is 1. The average molecular weight is 357 g/mol. The van der Waals surface area contributed by atoms with Gasteiger partial charge in [-0.1, -0.05) is 18.9 Å². The third kappa shape index (κ3) is 3.54. The molecule has 0 spiro atoms. The van der Waals surface area contributed by atoms with Crippen LogP contribution in [0.25, 0.3) is 0 Å². The summed E-state index contributed by atoms with van der Waals surface area (Å²) in [6.07, 6.45) is 5.76. The molecule has 1 saturated carbocycles. The van der Waals surface area contributed by atoms with Gasteiger partial charge in [0.05, 0.1) is 31.9 Å². The minimum atomic E-state index is -0.487. The zero-order valence-electron chi connectivity index (χ0n) is 15.7. The van der Waals surface area contributed by atoms with Crippen molar-refractivity contribution >= 4 is 5.91 Å². The van der Waals surface area contributed by atoms with E-state index in [9.17, 15) is 4.79 Å². The van der Waals surface area contributed by atoms with Gasteiger partial charge in [-0.3, -0.25) is 9.48 Å². The predicted molar refractivity (Wildman–Crippen MR) is 99.7 cm³/mol. The van der Waals surface area contributed by atoms with Crippen molar-refractivity contribution in [2.45, 2.75) is 44.6 Å². The van der Waals surface area contributed by atoms with Crippen LogP contribution in [0.3, 0.4) is 0 Å². The maximum Gasteiger partial charge on any atom is 0.230 e. The van der Waals surface area contributed by atoms with Crippen LogP contribution in [0, 0.1) is 6.92 Å². The van der Waals surface area contributed by atoms with Crippen molar-refractivity contribution < 1.29 is 14.3 Å². The molecular formula is C20H27N3O3. The van der Waals surface area contributed by atoms with E-state index in [-0.39, 0.29) is 5.91 Å². The van der Waals surface area contributed by atoms with Gasteiger partial charge in [0.1, 0.15) is 0 Å². The summed E-state index contributed by atoms with van der Waals surface area (Å²) in [5, 5.41) is 7.47. The molecule has 1 aromatic carbocycles. The zero-order chi connectivity index (χ0) is 18.6. The molecule has 1 heterocycles. The van der Waals surface area contributed by atoms with E-state index >= 15 is 0 Å². The number of nitrogens with one attached hydrogen (secondary N) is 1. The van der Waals surface area contributed by atoms with Gasteiger partial charge in [-0.2, -0.15) is 5.10 Å². The maximum absolute atomic E-state index is 13.1. The lowest BCUT2D eigenvalue weighted by atomic mass is 9.77. The Morgan fingerprint density at radius 2 is 1.92 bits per heavy atom. The normalized spacial score (nSPS) is 15.7. The molecule has 0 aliphatic heterocycles. The number of carbonyl (C=O) groups excluding carboxylic acids is 1. The highest BCUT2D eigenvalue weighted by Gasteiger charge is 2.42. The summed E-state index contributed by atoms with van der Waals surface area (Å²) < 4.78 is 12.6. The standard InChI is InChI=1S/C20H27N3O3/c1-15-8-12-23(22-15)13-11-21-19(24)20(9-4-5-10-20)16-6-7-17(25-2)18(14-16)26-3/h6-8,12,14H,4-5,9-11,13H2,1-3H3,(H,21,24). The van der Waals surface area contributed by atoms with Crippen molar-refractivity contribution in [3.8, 4) is 11.5 Å². The monoisotopic (exact) mass is 357 g/mol. The highest BCUT2D eigenvalue weighted by Crippen LogP contribution is 2.43. The molecule has 26 heavy (non-hydrogen) atoms. The van der Waals surface area contributed by atoms with Crippen LogP contribution in [0.4, 0.5) is 0 Å². The van der Waals surface area contributed by atoms with Crippen molar-refractivity contribution in [1.82, 2.24) is 15.1 Å². The van der Waals surface area contributed by atoms with E-state index in [2.05, 4.69) is 10.4 Å². The molecule has 140 valence electrons. The van der Waals surface area contributed by atoms with Gasteiger partial charge in [-0.25, -0.2) is 0 Å². The first-order chi connectivity index (χ1) is 12.6. The molecule has 1 N–H and O–H groups in total. The topological polar surface area (TPSA) is 65.4 Å². The Balaban J connectivity index is 1.75. The maximum atomic E-state index is 13.1. The summed E-state index contributed by atoms with van der Waals surface area (Å²) in [5.41, 5.74) is 1.49. The quantitative estimate of drug-likeness (QED) is 0.827. The number of benzene rings is 1. The minimum absolute atomic E-state index is 0.0890. The third-order valence-corrected chi connectivity index (χ3v) is 5.23. The first-order valence-corrected chi connectivity index (χ1v) is 9.10. The Kier molecular flexibility index (Phi) is 5.49.